The van der Waals surface area contributed by atoms with Gasteiger partial charge in [-0.15, -0.1) is 0 Å². The lowest BCUT2D eigenvalue weighted by Gasteiger charge is -2.42. The van der Waals surface area contributed by atoms with Gasteiger partial charge in [-0.2, -0.15) is 0 Å². The van der Waals surface area contributed by atoms with E-state index in [1.807, 2.05) is 12.1 Å². The number of nitrogens with one attached hydrogen (secondary N) is 1. The smallest absolute Gasteiger partial charge is 0.115 e. The van der Waals surface area contributed by atoms with Crippen LogP contribution in [0.25, 0.3) is 0 Å². The molecule has 4 heteroatoms. The minimum atomic E-state index is 0.336. The zero-order chi connectivity index (χ0) is 14.5. The molecule has 0 aliphatic carbocycles. The summed E-state index contributed by atoms with van der Waals surface area (Å²) in [6.45, 7) is 6.52. The fourth-order valence-corrected chi connectivity index (χ4v) is 2.97. The van der Waals surface area contributed by atoms with Crippen molar-refractivity contribution < 1.29 is 5.11 Å². The molecule has 20 heavy (non-hydrogen) atoms. The van der Waals surface area contributed by atoms with Gasteiger partial charge >= 0.3 is 0 Å². The van der Waals surface area contributed by atoms with E-state index in [2.05, 4.69) is 36.1 Å². The summed E-state index contributed by atoms with van der Waals surface area (Å²) < 4.78 is 0. The Balaban J connectivity index is 2.07. The van der Waals surface area contributed by atoms with Crippen molar-refractivity contribution in [3.05, 3.63) is 29.8 Å². The van der Waals surface area contributed by atoms with Gasteiger partial charge in [0, 0.05) is 31.7 Å². The van der Waals surface area contributed by atoms with E-state index in [0.29, 0.717) is 17.8 Å². The summed E-state index contributed by atoms with van der Waals surface area (Å²) in [5.74, 6) is 0.336. The lowest BCUT2D eigenvalue weighted by molar-refractivity contribution is 0.0881. The Labute approximate surface area is 122 Å². The van der Waals surface area contributed by atoms with Gasteiger partial charge in [0.05, 0.1) is 0 Å². The molecule has 0 amide bonds. The zero-order valence-electron chi connectivity index (χ0n) is 12.8. The van der Waals surface area contributed by atoms with Crippen LogP contribution in [0.5, 0.6) is 5.75 Å². The summed E-state index contributed by atoms with van der Waals surface area (Å²) in [6, 6.07) is 8.56. The second-order valence-corrected chi connectivity index (χ2v) is 5.84. The normalized spacial score (nSPS) is 22.9. The second-order valence-electron chi connectivity index (χ2n) is 5.84. The van der Waals surface area contributed by atoms with Crippen molar-refractivity contribution in [1.82, 2.24) is 15.1 Å². The van der Waals surface area contributed by atoms with E-state index in [-0.39, 0.29) is 0 Å². The van der Waals surface area contributed by atoms with Gasteiger partial charge in [0.25, 0.3) is 0 Å². The summed E-state index contributed by atoms with van der Waals surface area (Å²) >= 11 is 0. The number of benzene rings is 1. The fourth-order valence-electron chi connectivity index (χ4n) is 2.97. The van der Waals surface area contributed by atoms with E-state index in [4.69, 9.17) is 0 Å². The van der Waals surface area contributed by atoms with Crippen molar-refractivity contribution in [3.63, 3.8) is 0 Å². The Hall–Kier alpha value is -1.10. The molecule has 1 aromatic rings. The number of nitrogens with zero attached hydrogens (tertiary/aromatic N) is 2. The van der Waals surface area contributed by atoms with E-state index < -0.39 is 0 Å². The Morgan fingerprint density at radius 3 is 2.60 bits per heavy atom. The van der Waals surface area contributed by atoms with Gasteiger partial charge in [0.2, 0.25) is 0 Å². The predicted octanol–water partition coefficient (Wildman–Crippen LogP) is 1.16. The third-order valence-electron chi connectivity index (χ3n) is 4.22. The van der Waals surface area contributed by atoms with Crippen LogP contribution in [0, 0.1) is 0 Å². The van der Waals surface area contributed by atoms with Crippen LogP contribution >= 0.6 is 0 Å². The van der Waals surface area contributed by atoms with E-state index in [0.717, 1.165) is 32.6 Å². The first kappa shape index (κ1) is 15.3. The molecule has 2 unspecified atom stereocenters. The Morgan fingerprint density at radius 2 is 1.95 bits per heavy atom. The quantitative estimate of drug-likeness (QED) is 0.847. The van der Waals surface area contributed by atoms with Crippen LogP contribution in [0.2, 0.25) is 0 Å². The van der Waals surface area contributed by atoms with Crippen molar-refractivity contribution >= 4 is 0 Å². The van der Waals surface area contributed by atoms with Crippen LogP contribution in [0.1, 0.15) is 12.5 Å². The largest absolute Gasteiger partial charge is 0.508 e. The maximum Gasteiger partial charge on any atom is 0.115 e. The van der Waals surface area contributed by atoms with Crippen molar-refractivity contribution in [1.29, 1.82) is 0 Å². The second kappa shape index (κ2) is 7.07. The molecular formula is C16H27N3O. The molecule has 0 bridgehead atoms. The molecule has 1 heterocycles. The standard InChI is InChI=1S/C16H27N3O/c1-4-17-15(11-13-5-7-14(20)8-6-13)16-12-18(2)9-10-19(16)3/h5-8,15-17,20H,4,9-12H2,1-3H3. The first-order chi connectivity index (χ1) is 9.60. The summed E-state index contributed by atoms with van der Waals surface area (Å²) in [7, 11) is 4.42. The molecule has 0 saturated carbocycles. The Kier molecular flexibility index (Phi) is 5.40. The molecule has 4 nitrogen and oxygen atoms in total. The highest BCUT2D eigenvalue weighted by Gasteiger charge is 2.29. The molecule has 1 aromatic carbocycles. The predicted molar refractivity (Wildman–Crippen MR) is 83.2 cm³/mol. The number of hydrogen-bond acceptors (Lipinski definition) is 4. The molecule has 1 saturated heterocycles. The maximum atomic E-state index is 9.39. The van der Waals surface area contributed by atoms with Crippen LogP contribution in [0.4, 0.5) is 0 Å². The van der Waals surface area contributed by atoms with Crippen LogP contribution in [-0.4, -0.2) is 67.3 Å². The average molecular weight is 277 g/mol. The van der Waals surface area contributed by atoms with Crippen molar-refractivity contribution in [3.8, 4) is 5.75 Å². The van der Waals surface area contributed by atoms with Crippen LogP contribution in [0.15, 0.2) is 24.3 Å². The number of piperazine rings is 1. The first-order valence-corrected chi connectivity index (χ1v) is 7.50. The van der Waals surface area contributed by atoms with Crippen LogP contribution in [-0.2, 0) is 6.42 Å². The SMILES string of the molecule is CCNC(Cc1ccc(O)cc1)C1CN(C)CCN1C. The van der Waals surface area contributed by atoms with E-state index in [9.17, 15) is 5.11 Å². The lowest BCUT2D eigenvalue weighted by atomic mass is 9.96. The molecular weight excluding hydrogens is 250 g/mol. The molecule has 0 aromatic heterocycles. The number of likely N-dealkylation sites (N-methyl/N-ethyl adjacent to an activating group) is 3. The molecule has 0 radical (unpaired) electrons. The highest BCUT2D eigenvalue weighted by molar-refractivity contribution is 5.26. The van der Waals surface area contributed by atoms with Crippen molar-refractivity contribution in [2.45, 2.75) is 25.4 Å². The first-order valence-electron chi connectivity index (χ1n) is 7.50. The van der Waals surface area contributed by atoms with Gasteiger partial charge in [-0.05, 0) is 44.8 Å². The number of phenolic OH excluding ortho intramolecular Hbond substituents is 1. The number of rotatable bonds is 5. The maximum absolute atomic E-state index is 9.39. The van der Waals surface area contributed by atoms with Gasteiger partial charge in [-0.1, -0.05) is 19.1 Å². The molecule has 112 valence electrons. The van der Waals surface area contributed by atoms with Crippen LogP contribution < -0.4 is 5.32 Å². The van der Waals surface area contributed by atoms with E-state index in [1.54, 1.807) is 12.1 Å². The molecule has 0 spiro atoms. The zero-order valence-corrected chi connectivity index (χ0v) is 12.8. The van der Waals surface area contributed by atoms with E-state index in [1.165, 1.54) is 5.56 Å². The number of hydrogen-bond donors (Lipinski definition) is 2. The number of aromatic hydroxyl groups is 1. The van der Waals surface area contributed by atoms with E-state index >= 15 is 0 Å². The lowest BCUT2D eigenvalue weighted by Crippen LogP contribution is -2.59. The van der Waals surface area contributed by atoms with Crippen molar-refractivity contribution in [2.75, 3.05) is 40.3 Å². The molecule has 2 rings (SSSR count). The fraction of sp³-hybridized carbons (Fsp3) is 0.625. The van der Waals surface area contributed by atoms with Gasteiger partial charge < -0.3 is 15.3 Å². The Morgan fingerprint density at radius 1 is 1.25 bits per heavy atom. The summed E-state index contributed by atoms with van der Waals surface area (Å²) in [6.07, 6.45) is 0.997. The minimum Gasteiger partial charge on any atom is -0.508 e. The molecule has 1 aliphatic heterocycles. The van der Waals surface area contributed by atoms with Gasteiger partial charge in [-0.25, -0.2) is 0 Å². The summed E-state index contributed by atoms with van der Waals surface area (Å²) in [5.41, 5.74) is 1.27. The number of phenols is 1. The Bertz CT molecular complexity index is 407. The topological polar surface area (TPSA) is 38.7 Å². The third-order valence-corrected chi connectivity index (χ3v) is 4.22. The minimum absolute atomic E-state index is 0.336. The van der Waals surface area contributed by atoms with Crippen LogP contribution in [0.3, 0.4) is 0 Å². The van der Waals surface area contributed by atoms with Gasteiger partial charge in [0.1, 0.15) is 5.75 Å². The monoisotopic (exact) mass is 277 g/mol. The average Bonchev–Trinajstić information content (AvgIpc) is 2.43. The third kappa shape index (κ3) is 3.95. The molecule has 2 atom stereocenters. The summed E-state index contributed by atoms with van der Waals surface area (Å²) in [4.78, 5) is 4.87. The summed E-state index contributed by atoms with van der Waals surface area (Å²) in [5, 5.41) is 13.0. The molecule has 1 fully saturated rings. The van der Waals surface area contributed by atoms with Gasteiger partial charge in [-0.3, -0.25) is 4.90 Å². The molecule has 2 N–H and O–H groups in total. The highest BCUT2D eigenvalue weighted by Crippen LogP contribution is 2.16. The molecule has 1 aliphatic rings. The van der Waals surface area contributed by atoms with Gasteiger partial charge in [0.15, 0.2) is 0 Å². The van der Waals surface area contributed by atoms with Crippen molar-refractivity contribution in [2.24, 2.45) is 0 Å². The highest BCUT2D eigenvalue weighted by atomic mass is 16.3.